The van der Waals surface area contributed by atoms with Gasteiger partial charge in [-0.3, -0.25) is 9.59 Å². The van der Waals surface area contributed by atoms with Gasteiger partial charge in [-0.1, -0.05) is 18.2 Å². The molecule has 31 heavy (non-hydrogen) atoms. The maximum absolute atomic E-state index is 13.3. The first-order valence-corrected chi connectivity index (χ1v) is 11.4. The summed E-state index contributed by atoms with van der Waals surface area (Å²) in [6, 6.07) is 13.2. The van der Waals surface area contributed by atoms with E-state index in [1.54, 1.807) is 30.1 Å². The minimum Gasteiger partial charge on any atom is -0.337 e. The van der Waals surface area contributed by atoms with Crippen LogP contribution in [0.5, 0.6) is 0 Å². The zero-order chi connectivity index (χ0) is 22.2. The second-order valence-corrected chi connectivity index (χ2v) is 9.41. The van der Waals surface area contributed by atoms with Crippen LogP contribution in [0.25, 0.3) is 10.9 Å². The summed E-state index contributed by atoms with van der Waals surface area (Å²) < 4.78 is 41.8. The van der Waals surface area contributed by atoms with Gasteiger partial charge in [0.1, 0.15) is 5.82 Å². The van der Waals surface area contributed by atoms with E-state index in [4.69, 9.17) is 0 Å². The number of hydrogen-bond donors (Lipinski definition) is 0. The third-order valence-corrected chi connectivity index (χ3v) is 7.49. The van der Waals surface area contributed by atoms with Crippen molar-refractivity contribution in [2.45, 2.75) is 11.3 Å². The van der Waals surface area contributed by atoms with Crippen molar-refractivity contribution in [1.82, 2.24) is 13.8 Å². The first kappa shape index (κ1) is 21.2. The molecule has 1 fully saturated rings. The van der Waals surface area contributed by atoms with Crippen molar-refractivity contribution in [2.75, 3.05) is 26.2 Å². The fourth-order valence-electron chi connectivity index (χ4n) is 3.85. The second kappa shape index (κ2) is 8.24. The van der Waals surface area contributed by atoms with E-state index < -0.39 is 15.8 Å². The van der Waals surface area contributed by atoms with Crippen molar-refractivity contribution < 1.29 is 17.6 Å². The highest BCUT2D eigenvalue weighted by molar-refractivity contribution is 7.89. The van der Waals surface area contributed by atoms with Crippen LogP contribution in [0.2, 0.25) is 0 Å². The first-order chi connectivity index (χ1) is 14.8. The molecule has 0 unspecified atom stereocenters. The molecule has 1 saturated heterocycles. The van der Waals surface area contributed by atoms with Crippen LogP contribution in [0.15, 0.2) is 64.3 Å². The lowest BCUT2D eigenvalue weighted by Crippen LogP contribution is -2.37. The van der Waals surface area contributed by atoms with Crippen molar-refractivity contribution >= 4 is 26.8 Å². The summed E-state index contributed by atoms with van der Waals surface area (Å²) in [5.41, 5.74) is 0.694. The molecule has 4 rings (SSSR count). The molecule has 2 aromatic carbocycles. The Kier molecular flexibility index (Phi) is 5.63. The number of halogens is 1. The highest BCUT2D eigenvalue weighted by atomic mass is 32.2. The summed E-state index contributed by atoms with van der Waals surface area (Å²) in [6.07, 6.45) is 0.453. The summed E-state index contributed by atoms with van der Waals surface area (Å²) in [5.74, 6) is -0.803. The third kappa shape index (κ3) is 3.98. The van der Waals surface area contributed by atoms with Gasteiger partial charge in [0.05, 0.1) is 16.0 Å². The van der Waals surface area contributed by atoms with Gasteiger partial charge in [-0.25, -0.2) is 12.8 Å². The molecular weight excluding hydrogens is 421 g/mol. The van der Waals surface area contributed by atoms with Crippen molar-refractivity contribution in [2.24, 2.45) is 7.05 Å². The standard InChI is InChI=1S/C22H22FN3O4S/c1-24-20-6-3-2-5-18(20)19(15-21(24)27)22(28)25-11-4-12-26(14-13-25)31(29,30)17-9-7-16(23)8-10-17/h2-3,5-10,15H,4,11-14H2,1H3. The molecule has 1 aromatic heterocycles. The molecule has 0 saturated carbocycles. The highest BCUT2D eigenvalue weighted by Crippen LogP contribution is 2.21. The Morgan fingerprint density at radius 3 is 2.42 bits per heavy atom. The predicted molar refractivity (Wildman–Crippen MR) is 115 cm³/mol. The van der Waals surface area contributed by atoms with Crippen LogP contribution in [0, 0.1) is 5.82 Å². The average Bonchev–Trinajstić information content (AvgIpc) is 3.03. The second-order valence-electron chi connectivity index (χ2n) is 7.48. The van der Waals surface area contributed by atoms with E-state index in [0.717, 1.165) is 12.1 Å². The van der Waals surface area contributed by atoms with Gasteiger partial charge in [-0.05, 0) is 36.8 Å². The molecule has 1 aliphatic heterocycles. The monoisotopic (exact) mass is 443 g/mol. The Bertz CT molecular complexity index is 1300. The van der Waals surface area contributed by atoms with E-state index in [-0.39, 0.29) is 36.0 Å². The van der Waals surface area contributed by atoms with Gasteiger partial charge in [0, 0.05) is 44.7 Å². The number of nitrogens with zero attached hydrogens (tertiary/aromatic N) is 3. The lowest BCUT2D eigenvalue weighted by molar-refractivity contribution is 0.0766. The molecule has 0 aliphatic carbocycles. The van der Waals surface area contributed by atoms with Gasteiger partial charge < -0.3 is 9.47 Å². The fourth-order valence-corrected chi connectivity index (χ4v) is 5.32. The van der Waals surface area contributed by atoms with E-state index in [1.807, 2.05) is 6.07 Å². The summed E-state index contributed by atoms with van der Waals surface area (Å²) >= 11 is 0. The number of carbonyl (C=O) groups excluding carboxylic acids is 1. The van der Waals surface area contributed by atoms with Crippen molar-refractivity contribution in [3.8, 4) is 0 Å². The van der Waals surface area contributed by atoms with Crippen LogP contribution in [0.3, 0.4) is 0 Å². The topological polar surface area (TPSA) is 79.7 Å². The molecule has 0 atom stereocenters. The lowest BCUT2D eigenvalue weighted by Gasteiger charge is -2.22. The smallest absolute Gasteiger partial charge is 0.254 e. The minimum atomic E-state index is -3.79. The van der Waals surface area contributed by atoms with E-state index in [9.17, 15) is 22.4 Å². The number of rotatable bonds is 3. The normalized spacial score (nSPS) is 15.7. The third-order valence-electron chi connectivity index (χ3n) is 5.58. The molecule has 0 N–H and O–H groups in total. The Morgan fingerprint density at radius 2 is 1.68 bits per heavy atom. The Hall–Kier alpha value is -3.04. The molecular formula is C22H22FN3O4S. The number of aryl methyl sites for hydroxylation is 1. The number of carbonyl (C=O) groups is 1. The predicted octanol–water partition coefficient (Wildman–Crippen LogP) is 2.21. The summed E-state index contributed by atoms with van der Waals surface area (Å²) in [7, 11) is -2.13. The molecule has 7 nitrogen and oxygen atoms in total. The molecule has 0 radical (unpaired) electrons. The maximum Gasteiger partial charge on any atom is 0.254 e. The molecule has 1 aliphatic rings. The van der Waals surface area contributed by atoms with Crippen LogP contribution >= 0.6 is 0 Å². The lowest BCUT2D eigenvalue weighted by atomic mass is 10.1. The quantitative estimate of drug-likeness (QED) is 0.622. The number of para-hydroxylation sites is 1. The van der Waals surface area contributed by atoms with Crippen molar-refractivity contribution in [1.29, 1.82) is 0 Å². The van der Waals surface area contributed by atoms with Gasteiger partial charge in [0.25, 0.3) is 11.5 Å². The summed E-state index contributed by atoms with van der Waals surface area (Å²) in [5, 5.41) is 0.676. The fraction of sp³-hybridized carbons (Fsp3) is 0.273. The zero-order valence-corrected chi connectivity index (χ0v) is 17.8. The number of fused-ring (bicyclic) bond motifs is 1. The van der Waals surface area contributed by atoms with E-state index in [0.29, 0.717) is 29.4 Å². The molecule has 0 bridgehead atoms. The summed E-state index contributed by atoms with van der Waals surface area (Å²) in [6.45, 7) is 0.940. The minimum absolute atomic E-state index is 0.0197. The van der Waals surface area contributed by atoms with Gasteiger partial charge in [-0.15, -0.1) is 0 Å². The number of benzene rings is 2. The van der Waals surface area contributed by atoms with Crippen LogP contribution in [0.4, 0.5) is 4.39 Å². The molecule has 1 amide bonds. The number of hydrogen-bond acceptors (Lipinski definition) is 4. The van der Waals surface area contributed by atoms with E-state index in [1.165, 1.54) is 27.1 Å². The summed E-state index contributed by atoms with van der Waals surface area (Å²) in [4.78, 5) is 27.2. The van der Waals surface area contributed by atoms with Crippen LogP contribution in [0.1, 0.15) is 16.8 Å². The molecule has 162 valence electrons. The number of amides is 1. The first-order valence-electron chi connectivity index (χ1n) is 9.93. The average molecular weight is 444 g/mol. The van der Waals surface area contributed by atoms with Gasteiger partial charge in [0.15, 0.2) is 0 Å². The maximum atomic E-state index is 13.3. The molecule has 9 heteroatoms. The van der Waals surface area contributed by atoms with Crippen molar-refractivity contribution in [3.05, 3.63) is 76.3 Å². The molecule has 3 aromatic rings. The molecule has 2 heterocycles. The number of sulfonamides is 1. The van der Waals surface area contributed by atoms with Crippen LogP contribution in [-0.2, 0) is 17.1 Å². The van der Waals surface area contributed by atoms with Crippen LogP contribution in [-0.4, -0.2) is 54.3 Å². The van der Waals surface area contributed by atoms with E-state index >= 15 is 0 Å². The Morgan fingerprint density at radius 1 is 0.968 bits per heavy atom. The number of pyridine rings is 1. The van der Waals surface area contributed by atoms with E-state index in [2.05, 4.69) is 0 Å². The Balaban J connectivity index is 1.59. The molecule has 0 spiro atoms. The number of aromatic nitrogens is 1. The van der Waals surface area contributed by atoms with Gasteiger partial charge in [0.2, 0.25) is 10.0 Å². The van der Waals surface area contributed by atoms with Gasteiger partial charge in [-0.2, -0.15) is 4.31 Å². The SMILES string of the molecule is Cn1c(=O)cc(C(=O)N2CCCN(S(=O)(=O)c3ccc(F)cc3)CC2)c2ccccc21. The zero-order valence-electron chi connectivity index (χ0n) is 17.0. The van der Waals surface area contributed by atoms with Gasteiger partial charge >= 0.3 is 0 Å². The highest BCUT2D eigenvalue weighted by Gasteiger charge is 2.29. The van der Waals surface area contributed by atoms with Crippen molar-refractivity contribution in [3.63, 3.8) is 0 Å². The van der Waals surface area contributed by atoms with Crippen LogP contribution < -0.4 is 5.56 Å². The largest absolute Gasteiger partial charge is 0.337 e. The Labute approximate surface area is 179 Å².